The van der Waals surface area contributed by atoms with E-state index in [0.29, 0.717) is 6.54 Å². The molecular weight excluding hydrogens is 226 g/mol. The second-order valence-electron chi connectivity index (χ2n) is 4.32. The van der Waals surface area contributed by atoms with Gasteiger partial charge < -0.3 is 10.5 Å². The molecule has 0 spiro atoms. The Hall–Kier alpha value is -1.81. The maximum atomic E-state index is 5.91. The molecule has 4 nitrogen and oxygen atoms in total. The summed E-state index contributed by atoms with van der Waals surface area (Å²) in [7, 11) is 0. The fourth-order valence-electron chi connectivity index (χ4n) is 1.69. The molecule has 0 saturated carbocycles. The fourth-order valence-corrected chi connectivity index (χ4v) is 1.69. The number of hydrogen-bond acceptors (Lipinski definition) is 3. The first-order chi connectivity index (χ1) is 8.74. The molecule has 1 heterocycles. The molecule has 1 atom stereocenters. The molecule has 0 radical (unpaired) electrons. The first kappa shape index (κ1) is 12.6. The monoisotopic (exact) mass is 245 g/mol. The van der Waals surface area contributed by atoms with E-state index in [1.54, 1.807) is 0 Å². The van der Waals surface area contributed by atoms with E-state index in [9.17, 15) is 0 Å². The molecule has 0 amide bonds. The van der Waals surface area contributed by atoms with Crippen LogP contribution in [0.4, 0.5) is 0 Å². The van der Waals surface area contributed by atoms with Crippen LogP contribution >= 0.6 is 0 Å². The summed E-state index contributed by atoms with van der Waals surface area (Å²) in [5, 5.41) is 7.18. The molecule has 0 aliphatic carbocycles. The molecule has 96 valence electrons. The lowest BCUT2D eigenvalue weighted by molar-refractivity contribution is 0.218. The highest BCUT2D eigenvalue weighted by atomic mass is 16.5. The van der Waals surface area contributed by atoms with E-state index in [4.69, 9.17) is 10.5 Å². The van der Waals surface area contributed by atoms with Gasteiger partial charge in [0.15, 0.2) is 0 Å². The van der Waals surface area contributed by atoms with Crippen molar-refractivity contribution >= 4 is 0 Å². The Morgan fingerprint density at radius 3 is 2.83 bits per heavy atom. The fraction of sp³-hybridized carbons (Fsp3) is 0.357. The number of rotatable bonds is 5. The number of H-pyrrole nitrogens is 1. The Balaban J connectivity index is 2.32. The summed E-state index contributed by atoms with van der Waals surface area (Å²) in [6.07, 6.45) is 1.17. The third kappa shape index (κ3) is 2.71. The highest BCUT2D eigenvalue weighted by Gasteiger charge is 2.11. The van der Waals surface area contributed by atoms with E-state index in [2.05, 4.69) is 24.0 Å². The molecule has 1 aromatic heterocycles. The normalized spacial score (nSPS) is 12.4. The zero-order valence-electron chi connectivity index (χ0n) is 10.8. The summed E-state index contributed by atoms with van der Waals surface area (Å²) < 4.78 is 5.91. The van der Waals surface area contributed by atoms with E-state index in [0.717, 1.165) is 29.1 Å². The van der Waals surface area contributed by atoms with Crippen molar-refractivity contribution in [3.8, 4) is 17.0 Å². The van der Waals surface area contributed by atoms with Gasteiger partial charge in [-0.3, -0.25) is 5.10 Å². The highest BCUT2D eigenvalue weighted by Crippen LogP contribution is 2.29. The first-order valence-electron chi connectivity index (χ1n) is 6.25. The van der Waals surface area contributed by atoms with Crippen LogP contribution in [0.5, 0.6) is 5.75 Å². The van der Waals surface area contributed by atoms with Gasteiger partial charge in [-0.2, -0.15) is 5.10 Å². The minimum atomic E-state index is 0.194. The van der Waals surface area contributed by atoms with Gasteiger partial charge in [0.1, 0.15) is 5.75 Å². The molecule has 1 unspecified atom stereocenters. The molecule has 3 N–H and O–H groups in total. The summed E-state index contributed by atoms with van der Waals surface area (Å²) in [6.45, 7) is 4.63. The number of nitrogens with one attached hydrogen (secondary N) is 1. The Morgan fingerprint density at radius 1 is 1.39 bits per heavy atom. The van der Waals surface area contributed by atoms with E-state index in [-0.39, 0.29) is 6.10 Å². The van der Waals surface area contributed by atoms with Crippen molar-refractivity contribution in [2.45, 2.75) is 32.9 Å². The van der Waals surface area contributed by atoms with Crippen LogP contribution in [-0.4, -0.2) is 16.3 Å². The van der Waals surface area contributed by atoms with Crippen LogP contribution in [0.1, 0.15) is 26.0 Å². The zero-order chi connectivity index (χ0) is 13.0. The smallest absolute Gasteiger partial charge is 0.129 e. The van der Waals surface area contributed by atoms with Crippen LogP contribution in [0.2, 0.25) is 0 Å². The van der Waals surface area contributed by atoms with Gasteiger partial charge in [0.05, 0.1) is 11.8 Å². The highest BCUT2D eigenvalue weighted by molar-refractivity contribution is 5.67. The molecule has 2 rings (SSSR count). The molecule has 0 bridgehead atoms. The van der Waals surface area contributed by atoms with Gasteiger partial charge in [0, 0.05) is 17.8 Å². The Morgan fingerprint density at radius 2 is 2.17 bits per heavy atom. The molecule has 18 heavy (non-hydrogen) atoms. The molecule has 0 fully saturated rings. The predicted octanol–water partition coefficient (Wildman–Crippen LogP) is 2.71. The van der Waals surface area contributed by atoms with Crippen LogP contribution in [0.25, 0.3) is 11.3 Å². The lowest BCUT2D eigenvalue weighted by Crippen LogP contribution is -2.10. The molecule has 0 aliphatic heterocycles. The number of para-hydroxylation sites is 1. The maximum Gasteiger partial charge on any atom is 0.129 e. The van der Waals surface area contributed by atoms with Crippen molar-refractivity contribution < 1.29 is 4.74 Å². The largest absolute Gasteiger partial charge is 0.490 e. The second-order valence-corrected chi connectivity index (χ2v) is 4.32. The Kier molecular flexibility index (Phi) is 3.99. The second kappa shape index (κ2) is 5.69. The summed E-state index contributed by atoms with van der Waals surface area (Å²) in [5.41, 5.74) is 8.36. The first-order valence-corrected chi connectivity index (χ1v) is 6.25. The van der Waals surface area contributed by atoms with Gasteiger partial charge in [0.25, 0.3) is 0 Å². The van der Waals surface area contributed by atoms with Crippen LogP contribution in [0.15, 0.2) is 30.3 Å². The number of ether oxygens (including phenoxy) is 1. The third-order valence-corrected chi connectivity index (χ3v) is 2.92. The summed E-state index contributed by atoms with van der Waals surface area (Å²) in [5.74, 6) is 0.863. The predicted molar refractivity (Wildman–Crippen MR) is 72.3 cm³/mol. The molecule has 0 saturated heterocycles. The number of nitrogens with zero attached hydrogens (tertiary/aromatic N) is 1. The number of benzene rings is 1. The molecule has 1 aromatic carbocycles. The maximum absolute atomic E-state index is 5.91. The van der Waals surface area contributed by atoms with Gasteiger partial charge >= 0.3 is 0 Å². The minimum Gasteiger partial charge on any atom is -0.490 e. The van der Waals surface area contributed by atoms with Crippen molar-refractivity contribution in [1.29, 1.82) is 0 Å². The molecule has 2 aromatic rings. The minimum absolute atomic E-state index is 0.194. The lowest BCUT2D eigenvalue weighted by Gasteiger charge is -2.15. The quantitative estimate of drug-likeness (QED) is 0.851. The number of nitrogens with two attached hydrogens (primary N) is 1. The standard InChI is InChI=1S/C14H19N3O/c1-3-10(2)18-14-7-5-4-6-12(14)13-8-11(9-15)16-17-13/h4-8,10H,3,9,15H2,1-2H3,(H,16,17). The molecular formula is C14H19N3O. The third-order valence-electron chi connectivity index (χ3n) is 2.92. The van der Waals surface area contributed by atoms with Crippen LogP contribution in [0, 0.1) is 0 Å². The average Bonchev–Trinajstić information content (AvgIpc) is 2.88. The summed E-state index contributed by atoms with van der Waals surface area (Å²) in [6, 6.07) is 9.89. The molecule has 0 aliphatic rings. The van der Waals surface area contributed by atoms with Crippen molar-refractivity contribution in [3.05, 3.63) is 36.0 Å². The average molecular weight is 245 g/mol. The summed E-state index contributed by atoms with van der Waals surface area (Å²) >= 11 is 0. The number of aromatic amines is 1. The van der Waals surface area contributed by atoms with E-state index in [1.165, 1.54) is 0 Å². The van der Waals surface area contributed by atoms with Gasteiger partial charge in [-0.05, 0) is 31.5 Å². The van der Waals surface area contributed by atoms with E-state index < -0.39 is 0 Å². The topological polar surface area (TPSA) is 63.9 Å². The van der Waals surface area contributed by atoms with Gasteiger partial charge in [-0.1, -0.05) is 19.1 Å². The van der Waals surface area contributed by atoms with Gasteiger partial charge in [-0.25, -0.2) is 0 Å². The van der Waals surface area contributed by atoms with Gasteiger partial charge in [0.2, 0.25) is 0 Å². The van der Waals surface area contributed by atoms with Crippen LogP contribution in [0.3, 0.4) is 0 Å². The van der Waals surface area contributed by atoms with Crippen molar-refractivity contribution in [2.24, 2.45) is 5.73 Å². The van der Waals surface area contributed by atoms with Crippen molar-refractivity contribution in [3.63, 3.8) is 0 Å². The lowest BCUT2D eigenvalue weighted by atomic mass is 10.1. The Labute approximate surface area is 107 Å². The van der Waals surface area contributed by atoms with Crippen LogP contribution in [-0.2, 0) is 6.54 Å². The molecule has 4 heteroatoms. The zero-order valence-corrected chi connectivity index (χ0v) is 10.8. The van der Waals surface area contributed by atoms with E-state index in [1.807, 2.05) is 30.3 Å². The van der Waals surface area contributed by atoms with Gasteiger partial charge in [-0.15, -0.1) is 0 Å². The number of aromatic nitrogens is 2. The van der Waals surface area contributed by atoms with Crippen molar-refractivity contribution in [1.82, 2.24) is 10.2 Å². The van der Waals surface area contributed by atoms with E-state index >= 15 is 0 Å². The summed E-state index contributed by atoms with van der Waals surface area (Å²) in [4.78, 5) is 0. The van der Waals surface area contributed by atoms with Crippen LogP contribution < -0.4 is 10.5 Å². The number of hydrogen-bond donors (Lipinski definition) is 2. The Bertz CT molecular complexity index is 507. The van der Waals surface area contributed by atoms with Crippen molar-refractivity contribution in [2.75, 3.05) is 0 Å². The SMILES string of the molecule is CCC(C)Oc1ccccc1-c1cc(CN)[nH]n1.